The maximum Gasteiger partial charge on any atom is 0.269 e. The SMILES string of the molecule is NC1CCC(NC(=O)C2CC(N(Cc3ccc([N+](=O)[O-])cc3)Cc3cccs3)CN2C(=O)c2cccnc2)CC1. The maximum atomic E-state index is 13.7. The monoisotopic (exact) mass is 562 g/mol. The maximum absolute atomic E-state index is 13.7. The summed E-state index contributed by atoms with van der Waals surface area (Å²) in [6.07, 6.45) is 7.07. The summed E-state index contributed by atoms with van der Waals surface area (Å²) >= 11 is 1.65. The van der Waals surface area contributed by atoms with E-state index < -0.39 is 11.0 Å². The molecule has 1 aliphatic carbocycles. The summed E-state index contributed by atoms with van der Waals surface area (Å²) < 4.78 is 0. The molecule has 3 heterocycles. The molecule has 2 aliphatic rings. The molecule has 40 heavy (non-hydrogen) atoms. The minimum Gasteiger partial charge on any atom is -0.352 e. The lowest BCUT2D eigenvalue weighted by atomic mass is 9.91. The molecule has 3 N–H and O–H groups in total. The first kappa shape index (κ1) is 27.9. The van der Waals surface area contributed by atoms with E-state index in [0.717, 1.165) is 31.2 Å². The van der Waals surface area contributed by atoms with E-state index >= 15 is 0 Å². The third-order valence-electron chi connectivity index (χ3n) is 7.86. The lowest BCUT2D eigenvalue weighted by molar-refractivity contribution is -0.384. The molecule has 1 aromatic carbocycles. The van der Waals surface area contributed by atoms with Crippen molar-refractivity contribution in [3.63, 3.8) is 0 Å². The number of hydrogen-bond donors (Lipinski definition) is 2. The molecule has 1 aliphatic heterocycles. The lowest BCUT2D eigenvalue weighted by Gasteiger charge is -2.30. The molecule has 210 valence electrons. The number of carbonyl (C=O) groups excluding carboxylic acids is 2. The third kappa shape index (κ3) is 6.72. The first-order valence-corrected chi connectivity index (χ1v) is 14.5. The number of aromatic nitrogens is 1. The summed E-state index contributed by atoms with van der Waals surface area (Å²) in [4.78, 5) is 47.3. The predicted octanol–water partition coefficient (Wildman–Crippen LogP) is 3.72. The number of pyridine rings is 1. The number of rotatable bonds is 9. The molecule has 2 amide bonds. The molecule has 3 aromatic rings. The first-order chi connectivity index (χ1) is 19.4. The van der Waals surface area contributed by atoms with Gasteiger partial charge in [0.05, 0.1) is 10.5 Å². The summed E-state index contributed by atoms with van der Waals surface area (Å²) in [5.74, 6) is -0.348. The molecular weight excluding hydrogens is 528 g/mol. The van der Waals surface area contributed by atoms with Crippen molar-refractivity contribution >= 4 is 28.8 Å². The van der Waals surface area contributed by atoms with Gasteiger partial charge in [-0.05, 0) is 61.2 Å². The molecule has 1 saturated carbocycles. The number of nitrogens with one attached hydrogen (secondary N) is 1. The van der Waals surface area contributed by atoms with Crippen molar-refractivity contribution in [3.05, 3.63) is 92.4 Å². The molecule has 2 unspecified atom stereocenters. The Hall–Kier alpha value is -3.67. The minimum atomic E-state index is -0.615. The fourth-order valence-corrected chi connectivity index (χ4v) is 6.37. The van der Waals surface area contributed by atoms with E-state index in [4.69, 9.17) is 5.73 Å². The van der Waals surface area contributed by atoms with Crippen molar-refractivity contribution in [1.82, 2.24) is 20.1 Å². The van der Waals surface area contributed by atoms with Gasteiger partial charge in [0.15, 0.2) is 0 Å². The van der Waals surface area contributed by atoms with Crippen LogP contribution in [0, 0.1) is 10.1 Å². The predicted molar refractivity (Wildman–Crippen MR) is 153 cm³/mol. The zero-order valence-corrected chi connectivity index (χ0v) is 23.0. The van der Waals surface area contributed by atoms with Gasteiger partial charge in [-0.15, -0.1) is 11.3 Å². The van der Waals surface area contributed by atoms with Crippen LogP contribution in [0.2, 0.25) is 0 Å². The topological polar surface area (TPSA) is 135 Å². The number of carbonyl (C=O) groups is 2. The number of non-ortho nitro benzene ring substituents is 1. The van der Waals surface area contributed by atoms with Gasteiger partial charge >= 0.3 is 0 Å². The van der Waals surface area contributed by atoms with Crippen LogP contribution >= 0.6 is 11.3 Å². The molecule has 5 rings (SSSR count). The van der Waals surface area contributed by atoms with Gasteiger partial charge in [-0.1, -0.05) is 18.2 Å². The molecule has 2 fully saturated rings. The van der Waals surface area contributed by atoms with Crippen molar-refractivity contribution in [2.24, 2.45) is 5.73 Å². The molecule has 2 atom stereocenters. The number of benzene rings is 1. The van der Waals surface area contributed by atoms with Crippen molar-refractivity contribution in [1.29, 1.82) is 0 Å². The molecule has 2 aromatic heterocycles. The lowest BCUT2D eigenvalue weighted by Crippen LogP contribution is -2.50. The average molecular weight is 563 g/mol. The normalized spacial score (nSPS) is 22.8. The molecule has 0 spiro atoms. The second-order valence-corrected chi connectivity index (χ2v) is 11.7. The number of nitrogens with zero attached hydrogens (tertiary/aromatic N) is 4. The average Bonchev–Trinajstić information content (AvgIpc) is 3.65. The van der Waals surface area contributed by atoms with Crippen molar-refractivity contribution in [2.45, 2.75) is 69.4 Å². The molecule has 1 saturated heterocycles. The van der Waals surface area contributed by atoms with Crippen LogP contribution in [0.25, 0.3) is 0 Å². The van der Waals surface area contributed by atoms with Gasteiger partial charge in [0, 0.05) is 67.2 Å². The molecule has 0 radical (unpaired) electrons. The van der Waals surface area contributed by atoms with Crippen LogP contribution in [0.5, 0.6) is 0 Å². The van der Waals surface area contributed by atoms with Gasteiger partial charge in [0.2, 0.25) is 5.91 Å². The number of thiophene rings is 1. The Morgan fingerprint density at radius 2 is 1.88 bits per heavy atom. The van der Waals surface area contributed by atoms with Gasteiger partial charge in [-0.3, -0.25) is 29.6 Å². The molecule has 10 nitrogen and oxygen atoms in total. The minimum absolute atomic E-state index is 0.0445. The number of likely N-dealkylation sites (tertiary alicyclic amines) is 1. The number of hydrogen-bond acceptors (Lipinski definition) is 8. The quantitative estimate of drug-likeness (QED) is 0.300. The Balaban J connectivity index is 1.39. The summed E-state index contributed by atoms with van der Waals surface area (Å²) in [5.41, 5.74) is 7.48. The van der Waals surface area contributed by atoms with Crippen LogP contribution in [0.15, 0.2) is 66.3 Å². The Bertz CT molecular complexity index is 1300. The molecular formula is C29H34N6O4S. The van der Waals surface area contributed by atoms with E-state index in [0.29, 0.717) is 31.6 Å². The smallest absolute Gasteiger partial charge is 0.269 e. The van der Waals surface area contributed by atoms with E-state index in [-0.39, 0.29) is 35.6 Å². The van der Waals surface area contributed by atoms with Crippen LogP contribution in [0.3, 0.4) is 0 Å². The summed E-state index contributed by atoms with van der Waals surface area (Å²) in [6, 6.07) is 13.6. The van der Waals surface area contributed by atoms with Crippen LogP contribution in [-0.2, 0) is 17.9 Å². The zero-order valence-electron chi connectivity index (χ0n) is 22.2. The highest BCUT2D eigenvalue weighted by molar-refractivity contribution is 7.09. The van der Waals surface area contributed by atoms with Gasteiger partial charge in [0.1, 0.15) is 6.04 Å². The summed E-state index contributed by atoms with van der Waals surface area (Å²) in [5, 5.41) is 16.4. The van der Waals surface area contributed by atoms with Crippen LogP contribution in [0.1, 0.15) is 52.9 Å². The molecule has 0 bridgehead atoms. The van der Waals surface area contributed by atoms with Crippen molar-refractivity contribution in [2.75, 3.05) is 6.54 Å². The number of nitrogens with two attached hydrogens (primary N) is 1. The highest BCUT2D eigenvalue weighted by Crippen LogP contribution is 2.29. The highest BCUT2D eigenvalue weighted by Gasteiger charge is 2.42. The summed E-state index contributed by atoms with van der Waals surface area (Å²) in [7, 11) is 0. The fraction of sp³-hybridized carbons (Fsp3) is 0.414. The Labute approximate surface area is 237 Å². The third-order valence-corrected chi connectivity index (χ3v) is 8.72. The van der Waals surface area contributed by atoms with E-state index in [1.165, 1.54) is 23.2 Å². The second-order valence-electron chi connectivity index (χ2n) is 10.6. The summed E-state index contributed by atoms with van der Waals surface area (Å²) in [6.45, 7) is 1.56. The largest absolute Gasteiger partial charge is 0.352 e. The zero-order chi connectivity index (χ0) is 28.1. The van der Waals surface area contributed by atoms with Crippen molar-refractivity contribution in [3.8, 4) is 0 Å². The second kappa shape index (κ2) is 12.7. The van der Waals surface area contributed by atoms with Gasteiger partial charge in [0.25, 0.3) is 11.6 Å². The first-order valence-electron chi connectivity index (χ1n) is 13.6. The Morgan fingerprint density at radius 1 is 1.10 bits per heavy atom. The molecule has 11 heteroatoms. The van der Waals surface area contributed by atoms with E-state index in [1.807, 2.05) is 11.4 Å². The number of nitro groups is 1. The van der Waals surface area contributed by atoms with Crippen LogP contribution in [-0.4, -0.2) is 62.2 Å². The van der Waals surface area contributed by atoms with E-state index in [2.05, 4.69) is 21.3 Å². The van der Waals surface area contributed by atoms with Crippen LogP contribution < -0.4 is 11.1 Å². The van der Waals surface area contributed by atoms with Crippen LogP contribution in [0.4, 0.5) is 5.69 Å². The number of amides is 2. The fourth-order valence-electron chi connectivity index (χ4n) is 5.64. The standard InChI is InChI=1S/C29H34N6O4S/c30-22-7-9-23(10-8-22)32-28(36)27-15-25(18-34(27)29(37)21-3-1-13-31-16-21)33(19-26-4-2-14-40-26)17-20-5-11-24(12-6-20)35(38)39/h1-6,11-14,16,22-23,25,27H,7-10,15,17-19,30H2,(H,32,36). The number of nitro benzene ring substituents is 1. The van der Waals surface area contributed by atoms with E-state index in [9.17, 15) is 19.7 Å². The highest BCUT2D eigenvalue weighted by atomic mass is 32.1. The van der Waals surface area contributed by atoms with Gasteiger partial charge < -0.3 is 16.0 Å². The van der Waals surface area contributed by atoms with E-state index in [1.54, 1.807) is 46.7 Å². The van der Waals surface area contributed by atoms with Gasteiger partial charge in [-0.25, -0.2) is 0 Å². The Morgan fingerprint density at radius 3 is 2.52 bits per heavy atom. The van der Waals surface area contributed by atoms with Gasteiger partial charge in [-0.2, -0.15) is 0 Å². The Kier molecular flexibility index (Phi) is 8.83. The van der Waals surface area contributed by atoms with Crippen molar-refractivity contribution < 1.29 is 14.5 Å².